The number of methoxy groups -OCH3 is 2. The SMILES string of the molecule is COc1cc(CNCCCN(C)C)cc(CNCCCN(C)C)c1OC. The van der Waals surface area contributed by atoms with Gasteiger partial charge in [0.1, 0.15) is 0 Å². The molecule has 0 aromatic heterocycles. The lowest BCUT2D eigenvalue weighted by molar-refractivity contribution is 0.349. The van der Waals surface area contributed by atoms with Gasteiger partial charge in [0.15, 0.2) is 11.5 Å². The van der Waals surface area contributed by atoms with E-state index in [1.807, 2.05) is 0 Å². The Morgan fingerprint density at radius 3 is 1.88 bits per heavy atom. The smallest absolute Gasteiger partial charge is 0.165 e. The van der Waals surface area contributed by atoms with Crippen LogP contribution in [-0.4, -0.2) is 78.4 Å². The maximum absolute atomic E-state index is 5.59. The van der Waals surface area contributed by atoms with E-state index in [0.29, 0.717) is 0 Å². The second-order valence-corrected chi connectivity index (χ2v) is 7.16. The van der Waals surface area contributed by atoms with Crippen molar-refractivity contribution in [3.8, 4) is 11.5 Å². The first-order valence-corrected chi connectivity index (χ1v) is 9.42. The normalized spacial score (nSPS) is 11.4. The summed E-state index contributed by atoms with van der Waals surface area (Å²) in [5.41, 5.74) is 2.36. The summed E-state index contributed by atoms with van der Waals surface area (Å²) >= 11 is 0. The van der Waals surface area contributed by atoms with Crippen LogP contribution in [0.1, 0.15) is 24.0 Å². The fourth-order valence-corrected chi connectivity index (χ4v) is 2.84. The minimum Gasteiger partial charge on any atom is -0.493 e. The van der Waals surface area contributed by atoms with E-state index in [9.17, 15) is 0 Å². The highest BCUT2D eigenvalue weighted by Crippen LogP contribution is 2.32. The molecule has 0 unspecified atom stereocenters. The average molecular weight is 367 g/mol. The van der Waals surface area contributed by atoms with Crippen molar-refractivity contribution in [1.82, 2.24) is 20.4 Å². The molecule has 0 aliphatic rings. The molecule has 1 aromatic carbocycles. The molecular weight excluding hydrogens is 328 g/mol. The van der Waals surface area contributed by atoms with Gasteiger partial charge in [0.2, 0.25) is 0 Å². The standard InChI is InChI=1S/C20H38N4O2/c1-23(2)11-7-9-21-15-17-13-18(16-22-10-8-12-24(3)4)20(26-6)19(14-17)25-5/h13-14,21-22H,7-12,15-16H2,1-6H3. The Balaban J connectivity index is 2.62. The van der Waals surface area contributed by atoms with Crippen LogP contribution in [0.15, 0.2) is 12.1 Å². The highest BCUT2D eigenvalue weighted by atomic mass is 16.5. The van der Waals surface area contributed by atoms with Crippen LogP contribution in [0.25, 0.3) is 0 Å². The van der Waals surface area contributed by atoms with E-state index < -0.39 is 0 Å². The molecule has 26 heavy (non-hydrogen) atoms. The lowest BCUT2D eigenvalue weighted by Gasteiger charge is -2.17. The quantitative estimate of drug-likeness (QED) is 0.490. The fourth-order valence-electron chi connectivity index (χ4n) is 2.84. The second kappa shape index (κ2) is 12.9. The Morgan fingerprint density at radius 1 is 0.808 bits per heavy atom. The first-order chi connectivity index (χ1) is 12.5. The number of ether oxygens (including phenoxy) is 2. The molecule has 2 N–H and O–H groups in total. The van der Waals surface area contributed by atoms with E-state index in [4.69, 9.17) is 9.47 Å². The van der Waals surface area contributed by atoms with Crippen molar-refractivity contribution in [2.75, 3.05) is 68.6 Å². The van der Waals surface area contributed by atoms with Crippen LogP contribution < -0.4 is 20.1 Å². The van der Waals surface area contributed by atoms with E-state index >= 15 is 0 Å². The molecule has 6 nitrogen and oxygen atoms in total. The van der Waals surface area contributed by atoms with Crippen LogP contribution in [-0.2, 0) is 13.1 Å². The zero-order valence-corrected chi connectivity index (χ0v) is 17.5. The van der Waals surface area contributed by atoms with Gasteiger partial charge in [0.25, 0.3) is 0 Å². The Labute approximate surface area is 159 Å². The van der Waals surface area contributed by atoms with Crippen LogP contribution in [0.5, 0.6) is 11.5 Å². The first kappa shape index (κ1) is 22.7. The first-order valence-electron chi connectivity index (χ1n) is 9.42. The minimum absolute atomic E-state index is 0.779. The predicted octanol–water partition coefficient (Wildman–Crippen LogP) is 1.79. The summed E-state index contributed by atoms with van der Waals surface area (Å²) in [6.45, 7) is 5.79. The summed E-state index contributed by atoms with van der Waals surface area (Å²) in [7, 11) is 11.8. The molecule has 0 fully saturated rings. The number of nitrogens with one attached hydrogen (secondary N) is 2. The number of benzene rings is 1. The summed E-state index contributed by atoms with van der Waals surface area (Å²) < 4.78 is 11.1. The third-order valence-electron chi connectivity index (χ3n) is 4.18. The zero-order valence-electron chi connectivity index (χ0n) is 17.5. The highest BCUT2D eigenvalue weighted by Gasteiger charge is 2.12. The predicted molar refractivity (Wildman–Crippen MR) is 109 cm³/mol. The summed E-state index contributed by atoms with van der Waals surface area (Å²) in [6.07, 6.45) is 2.26. The van der Waals surface area contributed by atoms with E-state index in [1.54, 1.807) is 14.2 Å². The lowest BCUT2D eigenvalue weighted by atomic mass is 10.1. The second-order valence-electron chi connectivity index (χ2n) is 7.16. The van der Waals surface area contributed by atoms with Crippen molar-refractivity contribution >= 4 is 0 Å². The van der Waals surface area contributed by atoms with E-state index in [2.05, 4.69) is 60.8 Å². The molecular formula is C20H38N4O2. The van der Waals surface area contributed by atoms with Crippen molar-refractivity contribution < 1.29 is 9.47 Å². The van der Waals surface area contributed by atoms with Crippen molar-refractivity contribution in [1.29, 1.82) is 0 Å². The maximum atomic E-state index is 5.59. The van der Waals surface area contributed by atoms with Gasteiger partial charge < -0.3 is 29.9 Å². The van der Waals surface area contributed by atoms with E-state index in [1.165, 1.54) is 5.56 Å². The average Bonchev–Trinajstić information content (AvgIpc) is 2.60. The number of hydrogen-bond donors (Lipinski definition) is 2. The van der Waals surface area contributed by atoms with Gasteiger partial charge in [0, 0.05) is 18.7 Å². The van der Waals surface area contributed by atoms with Crippen molar-refractivity contribution in [2.24, 2.45) is 0 Å². The van der Waals surface area contributed by atoms with Crippen molar-refractivity contribution in [3.05, 3.63) is 23.3 Å². The number of nitrogens with zero attached hydrogens (tertiary/aromatic N) is 2. The molecule has 0 saturated heterocycles. The zero-order chi connectivity index (χ0) is 19.4. The summed E-state index contributed by atoms with van der Waals surface area (Å²) in [4.78, 5) is 4.41. The summed E-state index contributed by atoms with van der Waals surface area (Å²) in [5.74, 6) is 1.62. The molecule has 0 spiro atoms. The largest absolute Gasteiger partial charge is 0.493 e. The Bertz CT molecular complexity index is 507. The van der Waals surface area contributed by atoms with Crippen LogP contribution in [0, 0.1) is 0 Å². The monoisotopic (exact) mass is 366 g/mol. The van der Waals surface area contributed by atoms with Gasteiger partial charge in [0.05, 0.1) is 14.2 Å². The molecule has 1 aromatic rings. The van der Waals surface area contributed by atoms with Gasteiger partial charge in [-0.3, -0.25) is 0 Å². The van der Waals surface area contributed by atoms with Crippen LogP contribution in [0.2, 0.25) is 0 Å². The number of rotatable bonds is 14. The Kier molecular flexibility index (Phi) is 11.3. The fraction of sp³-hybridized carbons (Fsp3) is 0.700. The van der Waals surface area contributed by atoms with Crippen molar-refractivity contribution in [3.63, 3.8) is 0 Å². The van der Waals surface area contributed by atoms with Crippen molar-refractivity contribution in [2.45, 2.75) is 25.9 Å². The third-order valence-corrected chi connectivity index (χ3v) is 4.18. The minimum atomic E-state index is 0.779. The van der Waals surface area contributed by atoms with E-state index in [0.717, 1.165) is 69.2 Å². The maximum Gasteiger partial charge on any atom is 0.165 e. The molecule has 1 rings (SSSR count). The molecule has 6 heteroatoms. The highest BCUT2D eigenvalue weighted by molar-refractivity contribution is 5.49. The molecule has 0 aliphatic heterocycles. The molecule has 0 radical (unpaired) electrons. The molecule has 0 heterocycles. The lowest BCUT2D eigenvalue weighted by Crippen LogP contribution is -2.22. The number of hydrogen-bond acceptors (Lipinski definition) is 6. The molecule has 150 valence electrons. The Morgan fingerprint density at radius 2 is 1.38 bits per heavy atom. The van der Waals surface area contributed by atoms with Gasteiger partial charge >= 0.3 is 0 Å². The van der Waals surface area contributed by atoms with Crippen LogP contribution >= 0.6 is 0 Å². The van der Waals surface area contributed by atoms with Gasteiger partial charge in [-0.2, -0.15) is 0 Å². The molecule has 0 bridgehead atoms. The molecule has 0 amide bonds. The topological polar surface area (TPSA) is 49.0 Å². The van der Waals surface area contributed by atoms with Crippen LogP contribution in [0.4, 0.5) is 0 Å². The third kappa shape index (κ3) is 8.85. The Hall–Kier alpha value is -1.34. The molecule has 0 saturated carbocycles. The summed E-state index contributed by atoms with van der Waals surface area (Å²) in [5, 5.41) is 7.02. The molecule has 0 aliphatic carbocycles. The summed E-state index contributed by atoms with van der Waals surface area (Å²) in [6, 6.07) is 4.27. The van der Waals surface area contributed by atoms with Crippen LogP contribution in [0.3, 0.4) is 0 Å². The van der Waals surface area contributed by atoms with Gasteiger partial charge in [-0.05, 0) is 84.9 Å². The molecule has 0 atom stereocenters. The van der Waals surface area contributed by atoms with Gasteiger partial charge in [-0.15, -0.1) is 0 Å². The van der Waals surface area contributed by atoms with E-state index in [-0.39, 0.29) is 0 Å². The van der Waals surface area contributed by atoms with Gasteiger partial charge in [-0.25, -0.2) is 0 Å². The van der Waals surface area contributed by atoms with Gasteiger partial charge in [-0.1, -0.05) is 0 Å².